The topological polar surface area (TPSA) is 38.7 Å². The molecule has 1 aliphatic heterocycles. The normalized spacial score (nSPS) is 20.6. The number of nitrogens with one attached hydrogen (secondary N) is 1. The van der Waals surface area contributed by atoms with Crippen LogP contribution in [0.5, 0.6) is 0 Å². The Balaban J connectivity index is 2.19. The van der Waals surface area contributed by atoms with Crippen molar-refractivity contribution >= 4 is 0 Å². The molecule has 1 heterocycles. The first-order valence-corrected chi connectivity index (χ1v) is 6.28. The molecule has 1 aliphatic rings. The summed E-state index contributed by atoms with van der Waals surface area (Å²) >= 11 is 0. The van der Waals surface area contributed by atoms with Crippen molar-refractivity contribution in [3.8, 4) is 0 Å². The standard InChI is InChI=1S/C12H27N3O/c1-14(2)9-4-10-15(3)11-12(16)5-7-13-8-6-12/h13,16H,4-11H2,1-3H3. The first-order chi connectivity index (χ1) is 7.52. The molecule has 1 rings (SSSR count). The minimum atomic E-state index is -0.460. The van der Waals surface area contributed by atoms with Crippen molar-refractivity contribution in [1.82, 2.24) is 15.1 Å². The van der Waals surface area contributed by atoms with Crippen LogP contribution in [0, 0.1) is 0 Å². The molecule has 0 atom stereocenters. The first-order valence-electron chi connectivity index (χ1n) is 6.28. The monoisotopic (exact) mass is 229 g/mol. The first kappa shape index (κ1) is 13.9. The van der Waals surface area contributed by atoms with Crippen LogP contribution in [0.15, 0.2) is 0 Å². The minimum absolute atomic E-state index is 0.460. The fourth-order valence-corrected chi connectivity index (χ4v) is 2.29. The molecule has 0 saturated carbocycles. The molecule has 4 nitrogen and oxygen atoms in total. The molecule has 1 fully saturated rings. The Labute approximate surface area is 99.6 Å². The summed E-state index contributed by atoms with van der Waals surface area (Å²) in [5.41, 5.74) is -0.460. The van der Waals surface area contributed by atoms with E-state index in [4.69, 9.17) is 0 Å². The Morgan fingerprint density at radius 3 is 2.31 bits per heavy atom. The fourth-order valence-electron chi connectivity index (χ4n) is 2.29. The number of piperidine rings is 1. The zero-order chi connectivity index (χ0) is 12.0. The second-order valence-electron chi connectivity index (χ2n) is 5.37. The van der Waals surface area contributed by atoms with Gasteiger partial charge in [-0.25, -0.2) is 0 Å². The highest BCUT2D eigenvalue weighted by molar-refractivity contribution is 4.86. The van der Waals surface area contributed by atoms with Crippen LogP contribution in [0.4, 0.5) is 0 Å². The average Bonchev–Trinajstić information content (AvgIpc) is 2.17. The van der Waals surface area contributed by atoms with Crippen LogP contribution in [0.3, 0.4) is 0 Å². The molecular weight excluding hydrogens is 202 g/mol. The van der Waals surface area contributed by atoms with E-state index in [1.165, 1.54) is 0 Å². The highest BCUT2D eigenvalue weighted by Gasteiger charge is 2.29. The second-order valence-corrected chi connectivity index (χ2v) is 5.37. The van der Waals surface area contributed by atoms with Gasteiger partial charge in [0.15, 0.2) is 0 Å². The van der Waals surface area contributed by atoms with Crippen LogP contribution in [-0.2, 0) is 0 Å². The molecule has 0 aromatic carbocycles. The lowest BCUT2D eigenvalue weighted by Crippen LogP contribution is -2.49. The number of hydrogen-bond acceptors (Lipinski definition) is 4. The van der Waals surface area contributed by atoms with E-state index in [9.17, 15) is 5.11 Å². The van der Waals surface area contributed by atoms with Gasteiger partial charge in [0.1, 0.15) is 0 Å². The maximum absolute atomic E-state index is 10.4. The molecule has 4 heteroatoms. The van der Waals surface area contributed by atoms with E-state index in [2.05, 4.69) is 36.3 Å². The maximum Gasteiger partial charge on any atom is 0.0798 e. The molecule has 0 amide bonds. The van der Waals surface area contributed by atoms with Crippen LogP contribution >= 0.6 is 0 Å². The summed E-state index contributed by atoms with van der Waals surface area (Å²) in [5, 5.41) is 13.6. The Hall–Kier alpha value is -0.160. The van der Waals surface area contributed by atoms with Gasteiger partial charge in [0.25, 0.3) is 0 Å². The Kier molecular flexibility index (Phi) is 5.69. The molecule has 0 spiro atoms. The molecule has 0 radical (unpaired) electrons. The lowest BCUT2D eigenvalue weighted by atomic mass is 9.92. The third kappa shape index (κ3) is 5.25. The molecular formula is C12H27N3O. The SMILES string of the molecule is CN(C)CCCN(C)CC1(O)CCNCC1. The predicted octanol–water partition coefficient (Wildman–Crippen LogP) is -0.0156. The van der Waals surface area contributed by atoms with Gasteiger partial charge >= 0.3 is 0 Å². The van der Waals surface area contributed by atoms with E-state index < -0.39 is 5.60 Å². The van der Waals surface area contributed by atoms with Gasteiger partial charge in [-0.3, -0.25) is 0 Å². The molecule has 0 unspecified atom stereocenters. The number of hydrogen-bond donors (Lipinski definition) is 2. The smallest absolute Gasteiger partial charge is 0.0798 e. The molecule has 96 valence electrons. The quantitative estimate of drug-likeness (QED) is 0.672. The number of likely N-dealkylation sites (N-methyl/N-ethyl adjacent to an activating group) is 1. The third-order valence-corrected chi connectivity index (χ3v) is 3.24. The van der Waals surface area contributed by atoms with Crippen molar-refractivity contribution in [3.05, 3.63) is 0 Å². The zero-order valence-electron chi connectivity index (χ0n) is 11.0. The van der Waals surface area contributed by atoms with Crippen LogP contribution in [0.2, 0.25) is 0 Å². The number of nitrogens with zero attached hydrogens (tertiary/aromatic N) is 2. The average molecular weight is 229 g/mol. The molecule has 0 aromatic heterocycles. The summed E-state index contributed by atoms with van der Waals surface area (Å²) in [4.78, 5) is 4.46. The fraction of sp³-hybridized carbons (Fsp3) is 1.00. The molecule has 0 aromatic rings. The largest absolute Gasteiger partial charge is 0.388 e. The van der Waals surface area contributed by atoms with Gasteiger partial charge in [-0.05, 0) is 66.6 Å². The van der Waals surface area contributed by atoms with Crippen molar-refractivity contribution < 1.29 is 5.11 Å². The van der Waals surface area contributed by atoms with Crippen LogP contribution in [0.1, 0.15) is 19.3 Å². The van der Waals surface area contributed by atoms with E-state index in [0.29, 0.717) is 0 Å². The predicted molar refractivity (Wildman–Crippen MR) is 67.7 cm³/mol. The zero-order valence-corrected chi connectivity index (χ0v) is 11.0. The van der Waals surface area contributed by atoms with Crippen LogP contribution in [-0.4, -0.2) is 74.4 Å². The summed E-state index contributed by atoms with van der Waals surface area (Å²) in [6, 6.07) is 0. The summed E-state index contributed by atoms with van der Waals surface area (Å²) in [5.74, 6) is 0. The van der Waals surface area contributed by atoms with Crippen molar-refractivity contribution in [2.75, 3.05) is 53.9 Å². The maximum atomic E-state index is 10.4. The van der Waals surface area contributed by atoms with Crippen molar-refractivity contribution in [2.45, 2.75) is 24.9 Å². The van der Waals surface area contributed by atoms with Crippen molar-refractivity contribution in [2.24, 2.45) is 0 Å². The van der Waals surface area contributed by atoms with Crippen molar-refractivity contribution in [3.63, 3.8) is 0 Å². The molecule has 0 bridgehead atoms. The van der Waals surface area contributed by atoms with Crippen molar-refractivity contribution in [1.29, 1.82) is 0 Å². The Morgan fingerprint density at radius 2 is 1.75 bits per heavy atom. The summed E-state index contributed by atoms with van der Waals surface area (Å²) in [7, 11) is 6.30. The van der Waals surface area contributed by atoms with Gasteiger partial charge < -0.3 is 20.2 Å². The lowest BCUT2D eigenvalue weighted by molar-refractivity contribution is -0.0156. The molecule has 16 heavy (non-hydrogen) atoms. The van der Waals surface area contributed by atoms with E-state index in [1.54, 1.807) is 0 Å². The van der Waals surface area contributed by atoms with Crippen LogP contribution < -0.4 is 5.32 Å². The van der Waals surface area contributed by atoms with E-state index in [0.717, 1.165) is 52.0 Å². The van der Waals surface area contributed by atoms with Gasteiger partial charge in [-0.15, -0.1) is 0 Å². The van der Waals surface area contributed by atoms with E-state index in [1.807, 2.05) is 0 Å². The van der Waals surface area contributed by atoms with Crippen LogP contribution in [0.25, 0.3) is 0 Å². The Bertz CT molecular complexity index is 191. The number of aliphatic hydroxyl groups is 1. The summed E-state index contributed by atoms with van der Waals surface area (Å²) in [6.07, 6.45) is 2.92. The summed E-state index contributed by atoms with van der Waals surface area (Å²) < 4.78 is 0. The van der Waals surface area contributed by atoms with E-state index in [-0.39, 0.29) is 0 Å². The summed E-state index contributed by atoms with van der Waals surface area (Å²) in [6.45, 7) is 4.88. The highest BCUT2D eigenvalue weighted by Crippen LogP contribution is 2.18. The van der Waals surface area contributed by atoms with Gasteiger partial charge in [0, 0.05) is 6.54 Å². The van der Waals surface area contributed by atoms with Gasteiger partial charge in [-0.1, -0.05) is 0 Å². The molecule has 2 N–H and O–H groups in total. The second kappa shape index (κ2) is 6.55. The minimum Gasteiger partial charge on any atom is -0.388 e. The molecule has 0 aliphatic carbocycles. The Morgan fingerprint density at radius 1 is 1.12 bits per heavy atom. The highest BCUT2D eigenvalue weighted by atomic mass is 16.3. The number of rotatable bonds is 6. The molecule has 1 saturated heterocycles. The third-order valence-electron chi connectivity index (χ3n) is 3.24. The van der Waals surface area contributed by atoms with Gasteiger partial charge in [-0.2, -0.15) is 0 Å². The van der Waals surface area contributed by atoms with E-state index >= 15 is 0 Å². The van der Waals surface area contributed by atoms with Gasteiger partial charge in [0.05, 0.1) is 5.60 Å². The lowest BCUT2D eigenvalue weighted by Gasteiger charge is -2.36. The van der Waals surface area contributed by atoms with Gasteiger partial charge in [0.2, 0.25) is 0 Å².